The summed E-state index contributed by atoms with van der Waals surface area (Å²) in [7, 11) is 0. The fourth-order valence-corrected chi connectivity index (χ4v) is 1.99. The Morgan fingerprint density at radius 1 is 1.26 bits per heavy atom. The molecule has 0 fully saturated rings. The van der Waals surface area contributed by atoms with E-state index in [0.29, 0.717) is 11.1 Å². The van der Waals surface area contributed by atoms with Crippen LogP contribution in [0.15, 0.2) is 36.5 Å². The number of alkyl carbamates (subject to hydrolysis) is 1. The Kier molecular flexibility index (Phi) is 4.93. The molecule has 0 aliphatic heterocycles. The van der Waals surface area contributed by atoms with E-state index in [4.69, 9.17) is 4.74 Å². The van der Waals surface area contributed by atoms with Crippen LogP contribution in [0.1, 0.15) is 26.3 Å². The Morgan fingerprint density at radius 3 is 2.65 bits per heavy atom. The van der Waals surface area contributed by atoms with Gasteiger partial charge in [0.25, 0.3) is 0 Å². The monoisotopic (exact) mass is 320 g/mol. The molecule has 0 unspecified atom stereocenters. The molecule has 1 N–H and O–H groups in total. The number of hydrogen-bond donors (Lipinski definition) is 1. The van der Waals surface area contributed by atoms with Crippen LogP contribution >= 0.6 is 0 Å². The molecule has 0 saturated heterocycles. The minimum Gasteiger partial charge on any atom is -0.444 e. The van der Waals surface area contributed by atoms with Crippen LogP contribution < -0.4 is 5.32 Å². The van der Waals surface area contributed by atoms with Crippen molar-refractivity contribution < 1.29 is 18.3 Å². The average Bonchev–Trinajstić information content (AvgIpc) is 2.44. The summed E-state index contributed by atoms with van der Waals surface area (Å²) in [5.74, 6) is -1.07. The Balaban J connectivity index is 2.23. The zero-order valence-corrected chi connectivity index (χ0v) is 13.2. The zero-order chi connectivity index (χ0) is 17.0. The smallest absolute Gasteiger partial charge is 0.407 e. The van der Waals surface area contributed by atoms with Crippen molar-refractivity contribution in [3.63, 3.8) is 0 Å². The second-order valence-corrected chi connectivity index (χ2v) is 5.99. The first-order chi connectivity index (χ1) is 10.8. The Labute approximate surface area is 133 Å². The summed E-state index contributed by atoms with van der Waals surface area (Å²) in [6, 6.07) is 6.62. The van der Waals surface area contributed by atoms with Gasteiger partial charge in [0, 0.05) is 18.3 Å². The van der Waals surface area contributed by atoms with Gasteiger partial charge in [0.05, 0.1) is 0 Å². The predicted molar refractivity (Wildman–Crippen MR) is 82.7 cm³/mol. The lowest BCUT2D eigenvalue weighted by atomic mass is 10.0. The van der Waals surface area contributed by atoms with Crippen LogP contribution in [0.2, 0.25) is 0 Å². The molecule has 2 rings (SSSR count). The molecule has 2 aromatic rings. The number of amides is 1. The number of carbonyl (C=O) groups excluding carboxylic acids is 1. The maximum atomic E-state index is 13.9. The number of nitrogens with one attached hydrogen (secondary N) is 1. The van der Waals surface area contributed by atoms with Gasteiger partial charge >= 0.3 is 6.09 Å². The van der Waals surface area contributed by atoms with E-state index in [-0.39, 0.29) is 12.2 Å². The minimum absolute atomic E-state index is 0.0352. The number of pyridine rings is 1. The van der Waals surface area contributed by atoms with Crippen molar-refractivity contribution in [3.8, 4) is 11.3 Å². The largest absolute Gasteiger partial charge is 0.444 e. The second-order valence-electron chi connectivity index (χ2n) is 5.99. The number of rotatable bonds is 3. The third-order valence-electron chi connectivity index (χ3n) is 2.91. The van der Waals surface area contributed by atoms with Gasteiger partial charge in [0.1, 0.15) is 22.9 Å². The van der Waals surface area contributed by atoms with Crippen LogP contribution in [0.25, 0.3) is 11.3 Å². The molecule has 1 heterocycles. The number of hydrogen-bond acceptors (Lipinski definition) is 3. The number of aromatic nitrogens is 1. The lowest BCUT2D eigenvalue weighted by Gasteiger charge is -2.20. The molecular formula is C17H18F2N2O2. The Morgan fingerprint density at radius 2 is 2.00 bits per heavy atom. The van der Waals surface area contributed by atoms with E-state index in [1.54, 1.807) is 20.8 Å². The van der Waals surface area contributed by atoms with Crippen molar-refractivity contribution in [1.82, 2.24) is 10.3 Å². The van der Waals surface area contributed by atoms with Crippen molar-refractivity contribution in [3.05, 3.63) is 53.7 Å². The highest BCUT2D eigenvalue weighted by molar-refractivity contribution is 5.69. The van der Waals surface area contributed by atoms with Crippen molar-refractivity contribution in [2.45, 2.75) is 32.9 Å². The maximum absolute atomic E-state index is 13.9. The van der Waals surface area contributed by atoms with E-state index < -0.39 is 23.3 Å². The van der Waals surface area contributed by atoms with Crippen LogP contribution in [-0.2, 0) is 11.3 Å². The van der Waals surface area contributed by atoms with E-state index in [2.05, 4.69) is 10.3 Å². The van der Waals surface area contributed by atoms with E-state index in [1.165, 1.54) is 36.5 Å². The Hall–Kier alpha value is -2.50. The summed E-state index contributed by atoms with van der Waals surface area (Å²) in [4.78, 5) is 15.7. The molecule has 0 aliphatic carbocycles. The van der Waals surface area contributed by atoms with Crippen molar-refractivity contribution in [1.29, 1.82) is 0 Å². The maximum Gasteiger partial charge on any atom is 0.407 e. The molecule has 122 valence electrons. The quantitative estimate of drug-likeness (QED) is 0.928. The summed E-state index contributed by atoms with van der Waals surface area (Å²) >= 11 is 0. The van der Waals surface area contributed by atoms with Crippen LogP contribution in [0.5, 0.6) is 0 Å². The summed E-state index contributed by atoms with van der Waals surface area (Å²) < 4.78 is 32.6. The fraction of sp³-hybridized carbons (Fsp3) is 0.294. The third-order valence-corrected chi connectivity index (χ3v) is 2.91. The number of ether oxygens (including phenoxy) is 1. The van der Waals surface area contributed by atoms with E-state index >= 15 is 0 Å². The second kappa shape index (κ2) is 6.73. The van der Waals surface area contributed by atoms with Gasteiger partial charge in [-0.25, -0.2) is 13.6 Å². The van der Waals surface area contributed by atoms with Crippen molar-refractivity contribution in [2.24, 2.45) is 0 Å². The first kappa shape index (κ1) is 16.9. The average molecular weight is 320 g/mol. The number of carbonyl (C=O) groups is 1. The van der Waals surface area contributed by atoms with Gasteiger partial charge in [-0.15, -0.1) is 0 Å². The fourth-order valence-electron chi connectivity index (χ4n) is 1.99. The normalized spacial score (nSPS) is 11.2. The minimum atomic E-state index is -0.622. The summed E-state index contributed by atoms with van der Waals surface area (Å²) in [6.45, 7) is 5.32. The van der Waals surface area contributed by atoms with Crippen LogP contribution in [-0.4, -0.2) is 16.7 Å². The molecular weight excluding hydrogens is 302 g/mol. The zero-order valence-electron chi connectivity index (χ0n) is 13.2. The molecule has 1 amide bonds. The van der Waals surface area contributed by atoms with Gasteiger partial charge in [-0.2, -0.15) is 0 Å². The first-order valence-electron chi connectivity index (χ1n) is 7.12. The summed E-state index contributed by atoms with van der Waals surface area (Å²) in [6.07, 6.45) is 0.822. The van der Waals surface area contributed by atoms with Gasteiger partial charge in [-0.05, 0) is 50.6 Å². The molecule has 0 saturated carbocycles. The van der Waals surface area contributed by atoms with E-state index in [1.807, 2.05) is 0 Å². The lowest BCUT2D eigenvalue weighted by Crippen LogP contribution is -2.32. The standard InChI is InChI=1S/C17H18F2N2O2/c1-17(2,3)23-16(22)21-10-11-6-7-12(18)9-13(11)15-14(19)5-4-8-20-15/h4-9H,10H2,1-3H3,(H,21,22). The molecule has 23 heavy (non-hydrogen) atoms. The molecule has 1 aromatic heterocycles. The Bertz CT molecular complexity index is 712. The lowest BCUT2D eigenvalue weighted by molar-refractivity contribution is 0.0523. The molecule has 0 atom stereocenters. The molecule has 0 spiro atoms. The highest BCUT2D eigenvalue weighted by atomic mass is 19.1. The van der Waals surface area contributed by atoms with Gasteiger partial charge < -0.3 is 10.1 Å². The number of nitrogens with zero attached hydrogens (tertiary/aromatic N) is 1. The molecule has 0 radical (unpaired) electrons. The first-order valence-corrected chi connectivity index (χ1v) is 7.12. The van der Waals surface area contributed by atoms with E-state index in [0.717, 1.165) is 0 Å². The predicted octanol–water partition coefficient (Wildman–Crippen LogP) is 4.05. The number of halogens is 2. The van der Waals surface area contributed by atoms with Gasteiger partial charge in [-0.1, -0.05) is 6.07 Å². The molecule has 0 aliphatic rings. The highest BCUT2D eigenvalue weighted by Crippen LogP contribution is 2.25. The SMILES string of the molecule is CC(C)(C)OC(=O)NCc1ccc(F)cc1-c1ncccc1F. The topological polar surface area (TPSA) is 51.2 Å². The van der Waals surface area contributed by atoms with E-state index in [9.17, 15) is 13.6 Å². The third kappa shape index (κ3) is 4.74. The summed E-state index contributed by atoms with van der Waals surface area (Å²) in [5, 5.41) is 2.57. The van der Waals surface area contributed by atoms with Gasteiger partial charge in [0.2, 0.25) is 0 Å². The number of benzene rings is 1. The summed E-state index contributed by atoms with van der Waals surface area (Å²) in [5.41, 5.74) is 0.241. The van der Waals surface area contributed by atoms with Crippen molar-refractivity contribution >= 4 is 6.09 Å². The molecule has 6 heteroatoms. The van der Waals surface area contributed by atoms with Gasteiger partial charge in [0.15, 0.2) is 0 Å². The molecule has 1 aromatic carbocycles. The highest BCUT2D eigenvalue weighted by Gasteiger charge is 2.17. The van der Waals surface area contributed by atoms with Crippen molar-refractivity contribution in [2.75, 3.05) is 0 Å². The van der Waals surface area contributed by atoms with Crippen LogP contribution in [0.4, 0.5) is 13.6 Å². The molecule has 4 nitrogen and oxygen atoms in total. The van der Waals surface area contributed by atoms with Gasteiger partial charge in [-0.3, -0.25) is 4.98 Å². The van der Waals surface area contributed by atoms with Crippen LogP contribution in [0, 0.1) is 11.6 Å². The van der Waals surface area contributed by atoms with Crippen LogP contribution in [0.3, 0.4) is 0 Å². The molecule has 0 bridgehead atoms.